The highest BCUT2D eigenvalue weighted by Gasteiger charge is 2.36. The van der Waals surface area contributed by atoms with Crippen molar-refractivity contribution in [3.8, 4) is 67.5 Å². The Balaban J connectivity index is 1.33. The first kappa shape index (κ1) is 52.7. The minimum Gasteiger partial charge on any atom is -0.244 e. The number of fused-ring (bicyclic) bond motifs is 3. The zero-order valence-corrected chi connectivity index (χ0v) is 38.3. The van der Waals surface area contributed by atoms with E-state index in [0.717, 1.165) is 54.6 Å². The Morgan fingerprint density at radius 2 is 0.359 bits per heavy atom. The lowest BCUT2D eigenvalue weighted by molar-refractivity contribution is -0.138. The summed E-state index contributed by atoms with van der Waals surface area (Å²) in [7, 11) is 0. The second-order valence-electron chi connectivity index (χ2n) is 17.4. The lowest BCUT2D eigenvalue weighted by atomic mass is 9.93. The average molecular weight is 1100 g/mol. The molecule has 3 aromatic heterocycles. The molecule has 7 aromatic carbocycles. The number of alkyl halides is 18. The van der Waals surface area contributed by atoms with Gasteiger partial charge in [-0.25, -0.2) is 29.9 Å². The molecule has 0 aliphatic carbocycles. The van der Waals surface area contributed by atoms with Crippen LogP contribution in [0.4, 0.5) is 79.0 Å². The molecule has 0 atom stereocenters. The van der Waals surface area contributed by atoms with Crippen LogP contribution in [0.2, 0.25) is 0 Å². The van der Waals surface area contributed by atoms with Crippen LogP contribution in [-0.4, -0.2) is 29.9 Å². The quantitative estimate of drug-likeness (QED) is 0.154. The SMILES string of the molecule is FC(F)(F)c1ccc(-c2nc3cc(C(F)(F)F)ccc3nc2-c2cc(-c3nc4ccc(C(F)(F)F)cc4nc3-c3ccc(C(F)(F)F)cc3)cc(-c3nc4ccc(C(F)(F)F)cc4nc3-c3ccc(C(F)(F)F)cc3)c2)cc1. The fraction of sp³-hybridized carbons (Fsp3) is 0.111. The van der Waals surface area contributed by atoms with Gasteiger partial charge in [0.05, 0.1) is 101 Å². The lowest BCUT2D eigenvalue weighted by Gasteiger charge is -2.18. The van der Waals surface area contributed by atoms with E-state index in [1.807, 2.05) is 0 Å². The van der Waals surface area contributed by atoms with Gasteiger partial charge in [0.1, 0.15) is 0 Å². The fourth-order valence-corrected chi connectivity index (χ4v) is 8.39. The highest BCUT2D eigenvalue weighted by Crippen LogP contribution is 2.44. The molecule has 0 saturated heterocycles. The molecule has 10 aromatic rings. The maximum atomic E-state index is 14.1. The molecule has 0 fully saturated rings. The van der Waals surface area contributed by atoms with Crippen molar-refractivity contribution in [2.24, 2.45) is 0 Å². The summed E-state index contributed by atoms with van der Waals surface area (Å²) in [4.78, 5) is 27.2. The van der Waals surface area contributed by atoms with Crippen molar-refractivity contribution in [1.82, 2.24) is 29.9 Å². The predicted molar refractivity (Wildman–Crippen MR) is 248 cm³/mol. The Morgan fingerprint density at radius 1 is 0.179 bits per heavy atom. The summed E-state index contributed by atoms with van der Waals surface area (Å²) in [5.41, 5.74) is -11.9. The van der Waals surface area contributed by atoms with Gasteiger partial charge in [-0.3, -0.25) is 0 Å². The van der Waals surface area contributed by atoms with Crippen molar-refractivity contribution < 1.29 is 79.0 Å². The Hall–Kier alpha value is -8.70. The second kappa shape index (κ2) is 18.5. The molecule has 24 heteroatoms. The molecule has 10 rings (SSSR count). The first-order chi connectivity index (χ1) is 36.4. The van der Waals surface area contributed by atoms with Gasteiger partial charge in [-0.1, -0.05) is 36.4 Å². The second-order valence-corrected chi connectivity index (χ2v) is 17.4. The smallest absolute Gasteiger partial charge is 0.244 e. The van der Waals surface area contributed by atoms with Crippen molar-refractivity contribution in [2.45, 2.75) is 37.1 Å². The van der Waals surface area contributed by atoms with Gasteiger partial charge in [0.15, 0.2) is 0 Å². The van der Waals surface area contributed by atoms with Crippen LogP contribution in [0.3, 0.4) is 0 Å². The summed E-state index contributed by atoms with van der Waals surface area (Å²) in [5, 5.41) is 0. The summed E-state index contributed by atoms with van der Waals surface area (Å²) < 4.78 is 252. The lowest BCUT2D eigenvalue weighted by Crippen LogP contribution is -2.06. The Morgan fingerprint density at radius 3 is 0.564 bits per heavy atom. The molecule has 396 valence electrons. The van der Waals surface area contributed by atoms with Crippen molar-refractivity contribution >= 4 is 33.1 Å². The molecule has 6 nitrogen and oxygen atoms in total. The number of hydrogen-bond acceptors (Lipinski definition) is 6. The Labute approximate surface area is 424 Å². The normalized spacial score (nSPS) is 13.0. The summed E-state index contributed by atoms with van der Waals surface area (Å²) in [5.74, 6) is 0. The van der Waals surface area contributed by atoms with E-state index < -0.39 is 87.0 Å². The molecule has 0 spiro atoms. The van der Waals surface area contributed by atoms with E-state index >= 15 is 0 Å². The third kappa shape index (κ3) is 10.4. The van der Waals surface area contributed by atoms with Crippen LogP contribution in [0, 0.1) is 0 Å². The number of aromatic nitrogens is 6. The number of hydrogen-bond donors (Lipinski definition) is 0. The van der Waals surface area contributed by atoms with Gasteiger partial charge in [-0.05, 0) is 109 Å². The van der Waals surface area contributed by atoms with Gasteiger partial charge < -0.3 is 0 Å². The Bertz CT molecular complexity index is 3550. The topological polar surface area (TPSA) is 77.3 Å². The number of benzene rings is 7. The molecule has 0 radical (unpaired) electrons. The van der Waals surface area contributed by atoms with Crippen LogP contribution in [0.5, 0.6) is 0 Å². The highest BCUT2D eigenvalue weighted by atomic mass is 19.4. The molecule has 0 saturated carbocycles. The van der Waals surface area contributed by atoms with Gasteiger partial charge in [0.25, 0.3) is 0 Å². The van der Waals surface area contributed by atoms with Crippen LogP contribution >= 0.6 is 0 Å². The third-order valence-corrected chi connectivity index (χ3v) is 12.2. The van der Waals surface area contributed by atoms with E-state index in [9.17, 15) is 79.0 Å². The van der Waals surface area contributed by atoms with E-state index in [0.29, 0.717) is 72.8 Å². The van der Waals surface area contributed by atoms with Crippen LogP contribution in [0.15, 0.2) is 146 Å². The van der Waals surface area contributed by atoms with Crippen LogP contribution < -0.4 is 0 Å². The molecule has 0 aliphatic heterocycles. The van der Waals surface area contributed by atoms with Crippen molar-refractivity contribution in [3.63, 3.8) is 0 Å². The minimum absolute atomic E-state index is 0.160. The van der Waals surface area contributed by atoms with Gasteiger partial charge in [0.2, 0.25) is 0 Å². The van der Waals surface area contributed by atoms with Crippen molar-refractivity contribution in [3.05, 3.63) is 179 Å². The maximum absolute atomic E-state index is 14.1. The van der Waals surface area contributed by atoms with Crippen LogP contribution in [-0.2, 0) is 37.1 Å². The molecule has 0 amide bonds. The summed E-state index contributed by atoms with van der Waals surface area (Å²) in [6.07, 6.45) is -29.4. The van der Waals surface area contributed by atoms with Gasteiger partial charge in [-0.2, -0.15) is 79.0 Å². The first-order valence-corrected chi connectivity index (χ1v) is 22.2. The summed E-state index contributed by atoms with van der Waals surface area (Å²) in [6, 6.07) is 20.0. The van der Waals surface area contributed by atoms with E-state index in [4.69, 9.17) is 0 Å². The molecule has 0 N–H and O–H groups in total. The van der Waals surface area contributed by atoms with Gasteiger partial charge in [0, 0.05) is 33.4 Å². The van der Waals surface area contributed by atoms with Crippen LogP contribution in [0.1, 0.15) is 33.4 Å². The largest absolute Gasteiger partial charge is 0.416 e. The molecule has 0 bridgehead atoms. The van der Waals surface area contributed by atoms with Crippen LogP contribution in [0.25, 0.3) is 101 Å². The van der Waals surface area contributed by atoms with E-state index in [-0.39, 0.29) is 84.1 Å². The fourth-order valence-electron chi connectivity index (χ4n) is 8.39. The van der Waals surface area contributed by atoms with E-state index in [1.165, 1.54) is 18.2 Å². The highest BCUT2D eigenvalue weighted by molar-refractivity contribution is 5.95. The zero-order chi connectivity index (χ0) is 56.1. The standard InChI is InChI=1S/C54H24F18N6/c55-49(56,57)31-7-1-25(2-8-31)43-46(73-37-16-13-34(52(64,65)66)22-40(37)76-43)28-19-29(47-44(26-3-9-32(10-4-26)50(58,59)60)77-41-23-35(53(67,68)69)14-17-38(41)74-47)21-30(20-28)48-45(27-5-11-33(12-6-27)51(61,62)63)78-42-24-36(54(70,71)72)15-18-39(42)75-48/h1-24H. The predicted octanol–water partition coefficient (Wildman–Crippen LogP) is 17.6. The molecular formula is C54H24F18N6. The molecule has 78 heavy (non-hydrogen) atoms. The summed E-state index contributed by atoms with van der Waals surface area (Å²) in [6.45, 7) is 0. The van der Waals surface area contributed by atoms with Gasteiger partial charge in [-0.15, -0.1) is 0 Å². The molecule has 0 aliphatic rings. The molecular weight excluding hydrogens is 1070 g/mol. The van der Waals surface area contributed by atoms with Crippen molar-refractivity contribution in [2.75, 3.05) is 0 Å². The Kier molecular flexibility index (Phi) is 12.5. The molecule has 0 unspecified atom stereocenters. The maximum Gasteiger partial charge on any atom is 0.416 e. The zero-order valence-electron chi connectivity index (χ0n) is 38.3. The molecule has 3 heterocycles. The van der Waals surface area contributed by atoms with Crippen molar-refractivity contribution in [1.29, 1.82) is 0 Å². The summed E-state index contributed by atoms with van der Waals surface area (Å²) >= 11 is 0. The monoisotopic (exact) mass is 1100 g/mol. The van der Waals surface area contributed by atoms with Gasteiger partial charge >= 0.3 is 37.1 Å². The average Bonchev–Trinajstić information content (AvgIpc) is 3.46. The minimum atomic E-state index is -4.92. The number of halogens is 18. The number of nitrogens with zero attached hydrogens (tertiary/aromatic N) is 6. The third-order valence-electron chi connectivity index (χ3n) is 12.2. The number of rotatable bonds is 6. The van der Waals surface area contributed by atoms with E-state index in [2.05, 4.69) is 29.9 Å². The first-order valence-electron chi connectivity index (χ1n) is 22.2. The van der Waals surface area contributed by atoms with E-state index in [1.54, 1.807) is 0 Å².